The molecule has 0 saturated carbocycles. The van der Waals surface area contributed by atoms with E-state index in [2.05, 4.69) is 15.5 Å². The molecule has 1 amide bonds. The molecule has 4 aromatic rings. The van der Waals surface area contributed by atoms with E-state index in [0.29, 0.717) is 17.5 Å². The molecule has 0 spiro atoms. The molecular weight excluding hydrogens is 382 g/mol. The molecule has 0 fully saturated rings. The maximum Gasteiger partial charge on any atom is 0.283 e. The Morgan fingerprint density at radius 2 is 1.83 bits per heavy atom. The second-order valence-electron chi connectivity index (χ2n) is 6.93. The zero-order chi connectivity index (χ0) is 21.1. The van der Waals surface area contributed by atoms with Crippen molar-refractivity contribution in [1.82, 2.24) is 19.4 Å². The third-order valence-corrected chi connectivity index (χ3v) is 4.81. The predicted octanol–water partition coefficient (Wildman–Crippen LogP) is 2.60. The van der Waals surface area contributed by atoms with Gasteiger partial charge in [0.05, 0.1) is 19.0 Å². The molecule has 0 unspecified atom stereocenters. The molecule has 2 aromatic carbocycles. The number of hydrogen-bond acceptors (Lipinski definition) is 5. The summed E-state index contributed by atoms with van der Waals surface area (Å²) in [7, 11) is 1.61. The van der Waals surface area contributed by atoms with Crippen molar-refractivity contribution in [2.24, 2.45) is 0 Å². The lowest BCUT2D eigenvalue weighted by molar-refractivity contribution is -0.117. The number of nitrogens with zero attached hydrogens (tertiary/aromatic N) is 4. The third kappa shape index (κ3) is 3.93. The normalized spacial score (nSPS) is 10.9. The van der Waals surface area contributed by atoms with Gasteiger partial charge in [0.15, 0.2) is 5.65 Å². The first kappa shape index (κ1) is 19.4. The molecule has 152 valence electrons. The Labute approximate surface area is 172 Å². The molecule has 0 aliphatic rings. The van der Waals surface area contributed by atoms with Crippen LogP contribution in [0.4, 0.5) is 0 Å². The topological polar surface area (TPSA) is 91.0 Å². The van der Waals surface area contributed by atoms with Crippen LogP contribution in [0, 0.1) is 6.92 Å². The fraction of sp³-hybridized carbons (Fsp3) is 0.182. The van der Waals surface area contributed by atoms with Crippen LogP contribution in [0.3, 0.4) is 0 Å². The van der Waals surface area contributed by atoms with Crippen molar-refractivity contribution < 1.29 is 9.53 Å². The predicted molar refractivity (Wildman–Crippen MR) is 114 cm³/mol. The second kappa shape index (κ2) is 8.20. The maximum absolute atomic E-state index is 12.7. The largest absolute Gasteiger partial charge is 0.497 e. The number of aromatic nitrogens is 4. The Morgan fingerprint density at radius 3 is 2.53 bits per heavy atom. The summed E-state index contributed by atoms with van der Waals surface area (Å²) in [5.74, 6) is 0.486. The van der Waals surface area contributed by atoms with Crippen molar-refractivity contribution in [2.75, 3.05) is 12.5 Å². The lowest BCUT2D eigenvalue weighted by atomic mass is 10.1. The average Bonchev–Trinajstić information content (AvgIpc) is 3.20. The number of carbonyl (C=O) groups is 1. The highest BCUT2D eigenvalue weighted by Crippen LogP contribution is 2.14. The highest BCUT2D eigenvalue weighted by atomic mass is 16.5. The number of ether oxygens (including phenoxy) is 1. The van der Waals surface area contributed by atoms with E-state index in [9.17, 15) is 9.59 Å². The summed E-state index contributed by atoms with van der Waals surface area (Å²) in [6.07, 6.45) is 3.55. The van der Waals surface area contributed by atoms with Gasteiger partial charge in [0.25, 0.3) is 5.56 Å². The standard InChI is InChI=1S/C22H21N5O3/c1-15-3-8-17(9-4-15)27-21-19(13-24-27)22(29)26(14-23-21)25-20(28)12-7-16-5-10-18(30-2)11-6-16/h3-6,8-11,13-14H,7,12H2,1-2H3,(H,25,28). The van der Waals surface area contributed by atoms with E-state index in [0.717, 1.165) is 27.2 Å². The molecule has 0 radical (unpaired) electrons. The summed E-state index contributed by atoms with van der Waals surface area (Å²) in [6, 6.07) is 15.3. The van der Waals surface area contributed by atoms with Crippen LogP contribution in [0.25, 0.3) is 16.7 Å². The first-order valence-corrected chi connectivity index (χ1v) is 9.50. The van der Waals surface area contributed by atoms with E-state index in [-0.39, 0.29) is 17.9 Å². The summed E-state index contributed by atoms with van der Waals surface area (Å²) in [6.45, 7) is 2.00. The number of amides is 1. The monoisotopic (exact) mass is 403 g/mol. The highest BCUT2D eigenvalue weighted by molar-refractivity contribution is 5.84. The fourth-order valence-corrected chi connectivity index (χ4v) is 3.11. The van der Waals surface area contributed by atoms with Crippen LogP contribution >= 0.6 is 0 Å². The quantitative estimate of drug-likeness (QED) is 0.534. The van der Waals surface area contributed by atoms with Crippen LogP contribution in [0.15, 0.2) is 65.8 Å². The third-order valence-electron chi connectivity index (χ3n) is 4.81. The van der Waals surface area contributed by atoms with Crippen LogP contribution in [-0.2, 0) is 11.2 Å². The molecule has 4 rings (SSSR count). The zero-order valence-electron chi connectivity index (χ0n) is 16.7. The van der Waals surface area contributed by atoms with E-state index < -0.39 is 0 Å². The highest BCUT2D eigenvalue weighted by Gasteiger charge is 2.13. The molecule has 0 aliphatic heterocycles. The number of hydrogen-bond donors (Lipinski definition) is 1. The second-order valence-corrected chi connectivity index (χ2v) is 6.93. The molecule has 0 atom stereocenters. The van der Waals surface area contributed by atoms with Crippen LogP contribution < -0.4 is 15.7 Å². The van der Waals surface area contributed by atoms with Gasteiger partial charge in [-0.3, -0.25) is 15.0 Å². The Kier molecular flexibility index (Phi) is 5.30. The van der Waals surface area contributed by atoms with Crippen molar-refractivity contribution in [1.29, 1.82) is 0 Å². The molecule has 8 heteroatoms. The Hall–Kier alpha value is -3.94. The number of rotatable bonds is 6. The van der Waals surface area contributed by atoms with Gasteiger partial charge in [-0.2, -0.15) is 5.10 Å². The van der Waals surface area contributed by atoms with Crippen LogP contribution in [-0.4, -0.2) is 32.5 Å². The number of fused-ring (bicyclic) bond motifs is 1. The summed E-state index contributed by atoms with van der Waals surface area (Å²) in [5, 5.41) is 4.61. The number of nitrogens with one attached hydrogen (secondary N) is 1. The molecular formula is C22H21N5O3. The molecule has 0 aliphatic carbocycles. The van der Waals surface area contributed by atoms with Gasteiger partial charge in [0.2, 0.25) is 5.91 Å². The molecule has 8 nitrogen and oxygen atoms in total. The molecule has 1 N–H and O–H groups in total. The number of benzene rings is 2. The first-order chi connectivity index (χ1) is 14.5. The van der Waals surface area contributed by atoms with Crippen molar-refractivity contribution >= 4 is 16.9 Å². The summed E-state index contributed by atoms with van der Waals surface area (Å²) in [4.78, 5) is 29.4. The van der Waals surface area contributed by atoms with Crippen LogP contribution in [0.5, 0.6) is 5.75 Å². The number of carbonyl (C=O) groups excluding carboxylic acids is 1. The Balaban J connectivity index is 1.49. The van der Waals surface area contributed by atoms with Gasteiger partial charge < -0.3 is 4.74 Å². The van der Waals surface area contributed by atoms with Crippen LogP contribution in [0.2, 0.25) is 0 Å². The van der Waals surface area contributed by atoms with Gasteiger partial charge in [0, 0.05) is 6.42 Å². The van der Waals surface area contributed by atoms with Gasteiger partial charge in [-0.05, 0) is 43.2 Å². The lowest BCUT2D eigenvalue weighted by Gasteiger charge is -2.08. The van der Waals surface area contributed by atoms with Crippen molar-refractivity contribution in [3.8, 4) is 11.4 Å². The molecule has 30 heavy (non-hydrogen) atoms. The van der Waals surface area contributed by atoms with Gasteiger partial charge in [0.1, 0.15) is 17.5 Å². The van der Waals surface area contributed by atoms with E-state index in [1.807, 2.05) is 55.5 Å². The summed E-state index contributed by atoms with van der Waals surface area (Å²) < 4.78 is 7.83. The lowest BCUT2D eigenvalue weighted by Crippen LogP contribution is -2.33. The molecule has 0 saturated heterocycles. The van der Waals surface area contributed by atoms with E-state index >= 15 is 0 Å². The van der Waals surface area contributed by atoms with Crippen LogP contribution in [0.1, 0.15) is 17.5 Å². The van der Waals surface area contributed by atoms with Gasteiger partial charge in [-0.15, -0.1) is 0 Å². The summed E-state index contributed by atoms with van der Waals surface area (Å²) in [5.41, 5.74) is 5.59. The Bertz CT molecular complexity index is 1240. The van der Waals surface area contributed by atoms with E-state index in [1.54, 1.807) is 11.8 Å². The van der Waals surface area contributed by atoms with Crippen molar-refractivity contribution in [2.45, 2.75) is 19.8 Å². The SMILES string of the molecule is COc1ccc(CCC(=O)Nn2cnc3c(cnn3-c3ccc(C)cc3)c2=O)cc1. The number of aryl methyl sites for hydroxylation is 2. The van der Waals surface area contributed by atoms with Gasteiger partial charge in [-0.25, -0.2) is 14.3 Å². The smallest absolute Gasteiger partial charge is 0.283 e. The van der Waals surface area contributed by atoms with E-state index in [4.69, 9.17) is 4.74 Å². The first-order valence-electron chi connectivity index (χ1n) is 9.50. The maximum atomic E-state index is 12.7. The molecule has 2 heterocycles. The minimum absolute atomic E-state index is 0.236. The van der Waals surface area contributed by atoms with Gasteiger partial charge in [-0.1, -0.05) is 29.8 Å². The van der Waals surface area contributed by atoms with Crippen molar-refractivity contribution in [3.05, 3.63) is 82.5 Å². The van der Waals surface area contributed by atoms with Gasteiger partial charge >= 0.3 is 0 Å². The Morgan fingerprint density at radius 1 is 1.10 bits per heavy atom. The molecule has 0 bridgehead atoms. The zero-order valence-corrected chi connectivity index (χ0v) is 16.7. The molecule has 2 aromatic heterocycles. The minimum atomic E-state index is -0.379. The number of methoxy groups -OCH3 is 1. The minimum Gasteiger partial charge on any atom is -0.497 e. The summed E-state index contributed by atoms with van der Waals surface area (Å²) >= 11 is 0. The van der Waals surface area contributed by atoms with Crippen molar-refractivity contribution in [3.63, 3.8) is 0 Å². The fourth-order valence-electron chi connectivity index (χ4n) is 3.11. The van der Waals surface area contributed by atoms with E-state index in [1.165, 1.54) is 12.5 Å². The average molecular weight is 403 g/mol.